The van der Waals surface area contributed by atoms with Gasteiger partial charge in [0.15, 0.2) is 0 Å². The molecular formula is C14H13ClFNS. The zero-order valence-electron chi connectivity index (χ0n) is 9.70. The van der Waals surface area contributed by atoms with Gasteiger partial charge in [0.05, 0.1) is 5.02 Å². The summed E-state index contributed by atoms with van der Waals surface area (Å²) in [5, 5.41) is 0.704. The van der Waals surface area contributed by atoms with Crippen LogP contribution in [0.2, 0.25) is 5.02 Å². The predicted octanol–water partition coefficient (Wildman–Crippen LogP) is 4.13. The molecule has 0 amide bonds. The van der Waals surface area contributed by atoms with Crippen molar-refractivity contribution in [2.24, 2.45) is 5.73 Å². The molecule has 1 nitrogen and oxygen atoms in total. The average Bonchev–Trinajstić information content (AvgIpc) is 2.36. The van der Waals surface area contributed by atoms with Crippen LogP contribution in [0.1, 0.15) is 5.56 Å². The van der Waals surface area contributed by atoms with Crippen molar-refractivity contribution in [1.29, 1.82) is 0 Å². The Morgan fingerprint density at radius 1 is 1.11 bits per heavy atom. The lowest BCUT2D eigenvalue weighted by Gasteiger charge is -2.06. The molecule has 0 aliphatic heterocycles. The van der Waals surface area contributed by atoms with Gasteiger partial charge in [-0.3, -0.25) is 0 Å². The van der Waals surface area contributed by atoms with Gasteiger partial charge < -0.3 is 5.73 Å². The van der Waals surface area contributed by atoms with Crippen molar-refractivity contribution in [1.82, 2.24) is 0 Å². The molecule has 94 valence electrons. The quantitative estimate of drug-likeness (QED) is 0.912. The summed E-state index contributed by atoms with van der Waals surface area (Å²) in [6.07, 6.45) is 0.821. The summed E-state index contributed by atoms with van der Waals surface area (Å²) in [4.78, 5) is 1.92. The number of benzene rings is 2. The third kappa shape index (κ3) is 3.48. The maximum absolute atomic E-state index is 12.8. The van der Waals surface area contributed by atoms with Gasteiger partial charge in [-0.15, -0.1) is 0 Å². The summed E-state index contributed by atoms with van der Waals surface area (Å²) in [5.41, 5.74) is 6.63. The second-order valence-corrected chi connectivity index (χ2v) is 5.38. The van der Waals surface area contributed by atoms with E-state index in [2.05, 4.69) is 0 Å². The summed E-state index contributed by atoms with van der Waals surface area (Å²) in [6, 6.07) is 12.3. The minimum absolute atomic E-state index is 0.233. The molecule has 0 aliphatic rings. The molecule has 18 heavy (non-hydrogen) atoms. The molecule has 0 heterocycles. The first-order valence-corrected chi connectivity index (χ1v) is 6.80. The van der Waals surface area contributed by atoms with Crippen molar-refractivity contribution >= 4 is 23.4 Å². The molecule has 0 unspecified atom stereocenters. The van der Waals surface area contributed by atoms with Crippen LogP contribution in [0.25, 0.3) is 0 Å². The zero-order valence-corrected chi connectivity index (χ0v) is 11.3. The molecule has 0 aliphatic carbocycles. The predicted molar refractivity (Wildman–Crippen MR) is 74.7 cm³/mol. The standard InChI is InChI=1S/C14H13ClFNS/c15-13-9-10(7-8-17)1-6-14(13)18-12-4-2-11(16)3-5-12/h1-6,9H,7-8,17H2. The van der Waals surface area contributed by atoms with Gasteiger partial charge in [-0.05, 0) is 54.9 Å². The van der Waals surface area contributed by atoms with E-state index < -0.39 is 0 Å². The maximum atomic E-state index is 12.8. The highest BCUT2D eigenvalue weighted by molar-refractivity contribution is 7.99. The third-order valence-corrected chi connectivity index (χ3v) is 3.98. The molecule has 0 atom stereocenters. The van der Waals surface area contributed by atoms with Gasteiger partial charge in [-0.1, -0.05) is 29.4 Å². The van der Waals surface area contributed by atoms with E-state index >= 15 is 0 Å². The Morgan fingerprint density at radius 3 is 2.44 bits per heavy atom. The minimum Gasteiger partial charge on any atom is -0.330 e. The first kappa shape index (κ1) is 13.4. The Morgan fingerprint density at radius 2 is 1.83 bits per heavy atom. The van der Waals surface area contributed by atoms with Crippen molar-refractivity contribution < 1.29 is 4.39 Å². The van der Waals surface area contributed by atoms with Crippen LogP contribution in [-0.2, 0) is 6.42 Å². The molecule has 0 spiro atoms. The van der Waals surface area contributed by atoms with Crippen molar-refractivity contribution in [2.45, 2.75) is 16.2 Å². The average molecular weight is 282 g/mol. The van der Waals surface area contributed by atoms with Gasteiger partial charge in [-0.2, -0.15) is 0 Å². The van der Waals surface area contributed by atoms with Gasteiger partial charge in [0.1, 0.15) is 5.82 Å². The van der Waals surface area contributed by atoms with Gasteiger partial charge in [-0.25, -0.2) is 4.39 Å². The molecule has 2 N–H and O–H groups in total. The van der Waals surface area contributed by atoms with Crippen LogP contribution in [0, 0.1) is 5.82 Å². The van der Waals surface area contributed by atoms with E-state index in [0.717, 1.165) is 21.8 Å². The lowest BCUT2D eigenvalue weighted by atomic mass is 10.1. The van der Waals surface area contributed by atoms with Crippen LogP contribution in [0.5, 0.6) is 0 Å². The van der Waals surface area contributed by atoms with Gasteiger partial charge in [0, 0.05) is 9.79 Å². The fourth-order valence-corrected chi connectivity index (χ4v) is 2.72. The lowest BCUT2D eigenvalue weighted by molar-refractivity contribution is 0.626. The van der Waals surface area contributed by atoms with Crippen molar-refractivity contribution in [3.8, 4) is 0 Å². The van der Waals surface area contributed by atoms with Gasteiger partial charge >= 0.3 is 0 Å². The molecular weight excluding hydrogens is 269 g/mol. The molecule has 0 saturated carbocycles. The Kier molecular flexibility index (Phi) is 4.64. The molecule has 2 aromatic rings. The SMILES string of the molecule is NCCc1ccc(Sc2ccc(F)cc2)c(Cl)c1. The highest BCUT2D eigenvalue weighted by Crippen LogP contribution is 2.33. The second kappa shape index (κ2) is 6.23. The van der Waals surface area contributed by atoms with E-state index in [1.807, 2.05) is 18.2 Å². The summed E-state index contributed by atoms with van der Waals surface area (Å²) < 4.78 is 12.8. The molecule has 0 fully saturated rings. The molecule has 0 bridgehead atoms. The number of hydrogen-bond donors (Lipinski definition) is 1. The fourth-order valence-electron chi connectivity index (χ4n) is 1.58. The first-order valence-electron chi connectivity index (χ1n) is 5.61. The lowest BCUT2D eigenvalue weighted by Crippen LogP contribution is -2.02. The maximum Gasteiger partial charge on any atom is 0.123 e. The summed E-state index contributed by atoms with van der Waals surface area (Å²) in [5.74, 6) is -0.233. The highest BCUT2D eigenvalue weighted by Gasteiger charge is 2.04. The highest BCUT2D eigenvalue weighted by atomic mass is 35.5. The molecule has 4 heteroatoms. The monoisotopic (exact) mass is 281 g/mol. The van der Waals surface area contributed by atoms with Crippen LogP contribution in [0.4, 0.5) is 4.39 Å². The molecule has 0 radical (unpaired) electrons. The Bertz CT molecular complexity index is 528. The first-order chi connectivity index (χ1) is 8.69. The summed E-state index contributed by atoms with van der Waals surface area (Å²) >= 11 is 7.73. The molecule has 0 saturated heterocycles. The van der Waals surface area contributed by atoms with Crippen LogP contribution in [0.15, 0.2) is 52.3 Å². The minimum atomic E-state index is -0.233. The Balaban J connectivity index is 2.16. The normalized spacial score (nSPS) is 10.6. The van der Waals surface area contributed by atoms with Gasteiger partial charge in [0.2, 0.25) is 0 Å². The van der Waals surface area contributed by atoms with Crippen LogP contribution in [-0.4, -0.2) is 6.54 Å². The number of halogens is 2. The van der Waals surface area contributed by atoms with E-state index in [0.29, 0.717) is 11.6 Å². The number of nitrogens with two attached hydrogens (primary N) is 1. The Labute approximate surface area is 115 Å². The Hall–Kier alpha value is -1.03. The van der Waals surface area contributed by atoms with Crippen LogP contribution < -0.4 is 5.73 Å². The van der Waals surface area contributed by atoms with E-state index in [1.54, 1.807) is 12.1 Å². The molecule has 2 aromatic carbocycles. The number of rotatable bonds is 4. The summed E-state index contributed by atoms with van der Waals surface area (Å²) in [7, 11) is 0. The van der Waals surface area contributed by atoms with E-state index in [9.17, 15) is 4.39 Å². The molecule has 2 rings (SSSR count). The second-order valence-electron chi connectivity index (χ2n) is 3.86. The van der Waals surface area contributed by atoms with E-state index in [4.69, 9.17) is 17.3 Å². The van der Waals surface area contributed by atoms with Crippen molar-refractivity contribution in [3.05, 3.63) is 58.9 Å². The summed E-state index contributed by atoms with van der Waals surface area (Å²) in [6.45, 7) is 0.612. The third-order valence-electron chi connectivity index (χ3n) is 2.47. The van der Waals surface area contributed by atoms with Crippen LogP contribution >= 0.6 is 23.4 Å². The smallest absolute Gasteiger partial charge is 0.123 e. The topological polar surface area (TPSA) is 26.0 Å². The fraction of sp³-hybridized carbons (Fsp3) is 0.143. The van der Waals surface area contributed by atoms with E-state index in [-0.39, 0.29) is 5.82 Å². The van der Waals surface area contributed by atoms with Crippen molar-refractivity contribution in [2.75, 3.05) is 6.54 Å². The van der Waals surface area contributed by atoms with Crippen LogP contribution in [0.3, 0.4) is 0 Å². The van der Waals surface area contributed by atoms with E-state index in [1.165, 1.54) is 23.9 Å². The van der Waals surface area contributed by atoms with Gasteiger partial charge in [0.25, 0.3) is 0 Å². The van der Waals surface area contributed by atoms with Crippen molar-refractivity contribution in [3.63, 3.8) is 0 Å². The number of hydrogen-bond acceptors (Lipinski definition) is 2. The largest absolute Gasteiger partial charge is 0.330 e. The molecule has 0 aromatic heterocycles. The zero-order chi connectivity index (χ0) is 13.0.